The van der Waals surface area contributed by atoms with Gasteiger partial charge in [0.15, 0.2) is 0 Å². The normalized spacial score (nSPS) is 10.9. The molecular formula is C15H19FN2S. The van der Waals surface area contributed by atoms with Crippen molar-refractivity contribution in [3.8, 4) is 10.6 Å². The summed E-state index contributed by atoms with van der Waals surface area (Å²) in [4.78, 5) is 5.68. The first-order valence-corrected chi connectivity index (χ1v) is 7.37. The van der Waals surface area contributed by atoms with Crippen molar-refractivity contribution in [2.24, 2.45) is 0 Å². The first-order valence-electron chi connectivity index (χ1n) is 6.56. The number of nitrogens with zero attached hydrogens (tertiary/aromatic N) is 1. The molecule has 1 heterocycles. The van der Waals surface area contributed by atoms with Crippen LogP contribution in [0.1, 0.15) is 29.5 Å². The first-order chi connectivity index (χ1) is 9.13. The van der Waals surface area contributed by atoms with Gasteiger partial charge in [0.1, 0.15) is 10.8 Å². The molecule has 1 N–H and O–H groups in total. The molecule has 102 valence electrons. The van der Waals surface area contributed by atoms with Gasteiger partial charge in [-0.05, 0) is 38.4 Å². The Morgan fingerprint density at radius 3 is 2.84 bits per heavy atom. The van der Waals surface area contributed by atoms with Crippen molar-refractivity contribution in [2.75, 3.05) is 6.54 Å². The minimum Gasteiger partial charge on any atom is -0.312 e. The van der Waals surface area contributed by atoms with E-state index in [2.05, 4.69) is 17.2 Å². The van der Waals surface area contributed by atoms with Crippen molar-refractivity contribution in [2.45, 2.75) is 33.7 Å². The van der Waals surface area contributed by atoms with Crippen LogP contribution in [0.25, 0.3) is 10.6 Å². The van der Waals surface area contributed by atoms with Gasteiger partial charge in [0.05, 0.1) is 5.69 Å². The third kappa shape index (κ3) is 3.19. The van der Waals surface area contributed by atoms with Crippen LogP contribution in [0.5, 0.6) is 0 Å². The Morgan fingerprint density at radius 1 is 1.32 bits per heavy atom. The highest BCUT2D eigenvalue weighted by Gasteiger charge is 2.13. The number of hydrogen-bond acceptors (Lipinski definition) is 3. The minimum absolute atomic E-state index is 0.163. The van der Waals surface area contributed by atoms with Crippen molar-refractivity contribution in [3.05, 3.63) is 40.2 Å². The first kappa shape index (κ1) is 14.2. The number of halogens is 1. The highest BCUT2D eigenvalue weighted by atomic mass is 32.1. The number of aromatic nitrogens is 1. The second-order valence-electron chi connectivity index (χ2n) is 4.64. The fourth-order valence-electron chi connectivity index (χ4n) is 1.90. The number of rotatable bonds is 5. The summed E-state index contributed by atoms with van der Waals surface area (Å²) in [6.45, 7) is 7.70. The SMILES string of the molecule is CCCNCc1sc(-c2cccc(C)c2F)nc1C. The molecule has 19 heavy (non-hydrogen) atoms. The topological polar surface area (TPSA) is 24.9 Å². The zero-order valence-electron chi connectivity index (χ0n) is 11.6. The summed E-state index contributed by atoms with van der Waals surface area (Å²) < 4.78 is 14.1. The highest BCUT2D eigenvalue weighted by Crippen LogP contribution is 2.30. The van der Waals surface area contributed by atoms with E-state index in [4.69, 9.17) is 0 Å². The van der Waals surface area contributed by atoms with Crippen LogP contribution in [0.4, 0.5) is 4.39 Å². The van der Waals surface area contributed by atoms with E-state index in [1.165, 1.54) is 4.88 Å². The Hall–Kier alpha value is -1.26. The molecule has 1 aromatic heterocycles. The van der Waals surface area contributed by atoms with E-state index >= 15 is 0 Å². The predicted molar refractivity (Wildman–Crippen MR) is 79.0 cm³/mol. The molecule has 4 heteroatoms. The highest BCUT2D eigenvalue weighted by molar-refractivity contribution is 7.15. The van der Waals surface area contributed by atoms with Gasteiger partial charge in [0.2, 0.25) is 0 Å². The summed E-state index contributed by atoms with van der Waals surface area (Å²) in [6.07, 6.45) is 1.11. The largest absolute Gasteiger partial charge is 0.312 e. The average molecular weight is 278 g/mol. The lowest BCUT2D eigenvalue weighted by atomic mass is 10.1. The van der Waals surface area contributed by atoms with Gasteiger partial charge in [-0.3, -0.25) is 0 Å². The molecule has 0 spiro atoms. The maximum atomic E-state index is 14.1. The molecule has 0 atom stereocenters. The summed E-state index contributed by atoms with van der Waals surface area (Å²) in [6, 6.07) is 5.45. The van der Waals surface area contributed by atoms with Crippen LogP contribution in [0.3, 0.4) is 0 Å². The molecule has 2 aromatic rings. The van der Waals surface area contributed by atoms with Crippen molar-refractivity contribution in [3.63, 3.8) is 0 Å². The molecule has 0 unspecified atom stereocenters. The van der Waals surface area contributed by atoms with Crippen LogP contribution >= 0.6 is 11.3 Å². The van der Waals surface area contributed by atoms with Crippen LogP contribution in [-0.4, -0.2) is 11.5 Å². The van der Waals surface area contributed by atoms with E-state index in [1.807, 2.05) is 13.0 Å². The van der Waals surface area contributed by atoms with E-state index in [1.54, 1.807) is 30.4 Å². The maximum absolute atomic E-state index is 14.1. The zero-order chi connectivity index (χ0) is 13.8. The quantitative estimate of drug-likeness (QED) is 0.834. The Labute approximate surface area is 117 Å². The Kier molecular flexibility index (Phi) is 4.66. The second kappa shape index (κ2) is 6.26. The molecular weight excluding hydrogens is 259 g/mol. The van der Waals surface area contributed by atoms with Crippen LogP contribution in [-0.2, 0) is 6.54 Å². The zero-order valence-corrected chi connectivity index (χ0v) is 12.4. The van der Waals surface area contributed by atoms with Gasteiger partial charge >= 0.3 is 0 Å². The Balaban J connectivity index is 2.26. The molecule has 0 radical (unpaired) electrons. The fraction of sp³-hybridized carbons (Fsp3) is 0.400. The molecule has 0 bridgehead atoms. The lowest BCUT2D eigenvalue weighted by molar-refractivity contribution is 0.622. The van der Waals surface area contributed by atoms with Gasteiger partial charge in [-0.15, -0.1) is 11.3 Å². The van der Waals surface area contributed by atoms with E-state index < -0.39 is 0 Å². The van der Waals surface area contributed by atoms with E-state index in [-0.39, 0.29) is 5.82 Å². The van der Waals surface area contributed by atoms with Crippen LogP contribution in [0, 0.1) is 19.7 Å². The standard InChI is InChI=1S/C15H19FN2S/c1-4-8-17-9-13-11(3)18-15(19-13)12-7-5-6-10(2)14(12)16/h5-7,17H,4,8-9H2,1-3H3. The number of benzene rings is 1. The van der Waals surface area contributed by atoms with E-state index in [0.29, 0.717) is 11.1 Å². The second-order valence-corrected chi connectivity index (χ2v) is 5.72. The molecule has 2 nitrogen and oxygen atoms in total. The van der Waals surface area contributed by atoms with Crippen LogP contribution in [0.2, 0.25) is 0 Å². The molecule has 2 rings (SSSR count). The third-order valence-corrected chi connectivity index (χ3v) is 4.22. The third-order valence-electron chi connectivity index (χ3n) is 3.03. The van der Waals surface area contributed by atoms with Crippen molar-refractivity contribution >= 4 is 11.3 Å². The molecule has 0 amide bonds. The lowest BCUT2D eigenvalue weighted by Gasteiger charge is -2.01. The summed E-state index contributed by atoms with van der Waals surface area (Å²) in [5.41, 5.74) is 2.26. The molecule has 1 aromatic carbocycles. The van der Waals surface area contributed by atoms with Gasteiger partial charge in [-0.1, -0.05) is 19.1 Å². The fourth-order valence-corrected chi connectivity index (χ4v) is 2.95. The predicted octanol–water partition coefficient (Wildman–Crippen LogP) is 4.07. The number of thiazole rings is 1. The molecule has 0 saturated heterocycles. The van der Waals surface area contributed by atoms with Crippen molar-refractivity contribution in [1.29, 1.82) is 0 Å². The van der Waals surface area contributed by atoms with Gasteiger partial charge < -0.3 is 5.32 Å². The summed E-state index contributed by atoms with van der Waals surface area (Å²) >= 11 is 1.57. The molecule has 0 aliphatic carbocycles. The minimum atomic E-state index is -0.163. The van der Waals surface area contributed by atoms with Crippen molar-refractivity contribution < 1.29 is 4.39 Å². The lowest BCUT2D eigenvalue weighted by Crippen LogP contribution is -2.13. The summed E-state index contributed by atoms with van der Waals surface area (Å²) in [5, 5.41) is 4.13. The summed E-state index contributed by atoms with van der Waals surface area (Å²) in [7, 11) is 0. The Bertz CT molecular complexity index is 563. The van der Waals surface area contributed by atoms with Gasteiger partial charge in [0.25, 0.3) is 0 Å². The molecule has 0 aliphatic heterocycles. The maximum Gasteiger partial charge on any atom is 0.136 e. The van der Waals surface area contributed by atoms with Crippen molar-refractivity contribution in [1.82, 2.24) is 10.3 Å². The number of aryl methyl sites for hydroxylation is 2. The molecule has 0 saturated carbocycles. The van der Waals surface area contributed by atoms with Crippen LogP contribution in [0.15, 0.2) is 18.2 Å². The smallest absolute Gasteiger partial charge is 0.136 e. The molecule has 0 fully saturated rings. The van der Waals surface area contributed by atoms with Gasteiger partial charge in [0, 0.05) is 17.0 Å². The van der Waals surface area contributed by atoms with Gasteiger partial charge in [-0.25, -0.2) is 9.37 Å². The Morgan fingerprint density at radius 2 is 2.11 bits per heavy atom. The number of nitrogens with one attached hydrogen (secondary N) is 1. The monoisotopic (exact) mass is 278 g/mol. The van der Waals surface area contributed by atoms with Crippen LogP contribution < -0.4 is 5.32 Å². The van der Waals surface area contributed by atoms with E-state index in [9.17, 15) is 4.39 Å². The molecule has 0 aliphatic rings. The average Bonchev–Trinajstić information content (AvgIpc) is 2.75. The van der Waals surface area contributed by atoms with Gasteiger partial charge in [-0.2, -0.15) is 0 Å². The number of hydrogen-bond donors (Lipinski definition) is 1. The van der Waals surface area contributed by atoms with E-state index in [0.717, 1.165) is 30.2 Å². The summed E-state index contributed by atoms with van der Waals surface area (Å²) in [5.74, 6) is -0.163.